The van der Waals surface area contributed by atoms with Gasteiger partial charge in [0.15, 0.2) is 11.5 Å². The predicted molar refractivity (Wildman–Crippen MR) is 133 cm³/mol. The molecule has 6 rings (SSSR count). The van der Waals surface area contributed by atoms with Crippen molar-refractivity contribution in [2.24, 2.45) is 0 Å². The molecule has 0 aliphatic carbocycles. The first-order valence-corrected chi connectivity index (χ1v) is 12.0. The second-order valence-corrected chi connectivity index (χ2v) is 10.4. The minimum atomic E-state index is -1.02. The van der Waals surface area contributed by atoms with E-state index in [0.717, 1.165) is 34.4 Å². The molecule has 174 valence electrons. The van der Waals surface area contributed by atoms with Crippen LogP contribution in [0.3, 0.4) is 0 Å². The summed E-state index contributed by atoms with van der Waals surface area (Å²) in [4.78, 5) is 16.4. The Labute approximate surface area is 208 Å². The van der Waals surface area contributed by atoms with Crippen LogP contribution in [-0.2, 0) is 10.2 Å². The van der Waals surface area contributed by atoms with Crippen molar-refractivity contribution in [2.45, 2.75) is 38.1 Å². The molecule has 0 fully saturated rings. The molecule has 3 aromatic carbocycles. The summed E-state index contributed by atoms with van der Waals surface area (Å²) in [5.74, 6) is 1.88. The lowest BCUT2D eigenvalue weighted by Gasteiger charge is -2.36. The van der Waals surface area contributed by atoms with E-state index in [2.05, 4.69) is 20.8 Å². The number of benzene rings is 3. The standard InChI is InChI=1S/C27H23Cl2NO4/c1-4-26(2,3)30-20-7-5-6-18(15-8-16(28)10-17(29)9-15)24(20)27(25(30)31)13-32-21-12-23-22(11-19(21)27)33-14-34-23/h5-12H,4,13-14H2,1-3H3. The quantitative estimate of drug-likeness (QED) is 0.410. The predicted octanol–water partition coefficient (Wildman–Crippen LogP) is 6.60. The second-order valence-electron chi connectivity index (χ2n) is 9.56. The van der Waals surface area contributed by atoms with Crippen molar-refractivity contribution in [3.05, 3.63) is 69.7 Å². The molecule has 1 amide bonds. The molecule has 3 aromatic rings. The third-order valence-electron chi connectivity index (χ3n) is 7.30. The van der Waals surface area contributed by atoms with Crippen molar-refractivity contribution in [1.82, 2.24) is 0 Å². The Kier molecular flexibility index (Phi) is 4.65. The van der Waals surface area contributed by atoms with Gasteiger partial charge in [0, 0.05) is 38.5 Å². The van der Waals surface area contributed by atoms with Crippen molar-refractivity contribution >= 4 is 34.8 Å². The minimum absolute atomic E-state index is 0.00691. The van der Waals surface area contributed by atoms with Gasteiger partial charge in [0.1, 0.15) is 17.8 Å². The lowest BCUT2D eigenvalue weighted by molar-refractivity contribution is -0.123. The number of rotatable bonds is 3. The maximum atomic E-state index is 14.5. The van der Waals surface area contributed by atoms with Gasteiger partial charge >= 0.3 is 0 Å². The summed E-state index contributed by atoms with van der Waals surface area (Å²) in [6.07, 6.45) is 0.788. The van der Waals surface area contributed by atoms with Gasteiger partial charge < -0.3 is 19.1 Å². The molecule has 5 nitrogen and oxygen atoms in total. The van der Waals surface area contributed by atoms with Gasteiger partial charge in [-0.3, -0.25) is 4.79 Å². The van der Waals surface area contributed by atoms with Crippen molar-refractivity contribution in [3.63, 3.8) is 0 Å². The molecule has 3 aliphatic rings. The van der Waals surface area contributed by atoms with Gasteiger partial charge in [-0.15, -0.1) is 0 Å². The van der Waals surface area contributed by atoms with E-state index in [1.54, 1.807) is 6.07 Å². The molecule has 1 atom stereocenters. The fraction of sp³-hybridized carbons (Fsp3) is 0.296. The highest BCUT2D eigenvalue weighted by Crippen LogP contribution is 2.58. The third-order valence-corrected chi connectivity index (χ3v) is 7.74. The average molecular weight is 496 g/mol. The molecule has 7 heteroatoms. The van der Waals surface area contributed by atoms with E-state index in [-0.39, 0.29) is 19.3 Å². The highest BCUT2D eigenvalue weighted by atomic mass is 35.5. The maximum absolute atomic E-state index is 14.5. The SMILES string of the molecule is CCC(C)(C)N1C(=O)C2(COc3cc4c(cc32)OCO4)c2c(-c3cc(Cl)cc(Cl)c3)cccc21. The fourth-order valence-corrected chi connectivity index (χ4v) is 5.84. The van der Waals surface area contributed by atoms with Gasteiger partial charge in [0.25, 0.3) is 0 Å². The Morgan fingerprint density at radius 3 is 2.38 bits per heavy atom. The summed E-state index contributed by atoms with van der Waals surface area (Å²) < 4.78 is 17.4. The van der Waals surface area contributed by atoms with E-state index < -0.39 is 11.0 Å². The lowest BCUT2D eigenvalue weighted by Crippen LogP contribution is -2.51. The van der Waals surface area contributed by atoms with Crippen LogP contribution in [0.4, 0.5) is 5.69 Å². The van der Waals surface area contributed by atoms with Crippen LogP contribution in [0.25, 0.3) is 11.1 Å². The molecule has 0 bridgehead atoms. The number of carbonyl (C=O) groups is 1. The summed E-state index contributed by atoms with van der Waals surface area (Å²) in [6, 6.07) is 15.2. The van der Waals surface area contributed by atoms with E-state index >= 15 is 0 Å². The first-order valence-electron chi connectivity index (χ1n) is 11.3. The van der Waals surface area contributed by atoms with Crippen molar-refractivity contribution in [2.75, 3.05) is 18.3 Å². The molecule has 0 saturated heterocycles. The first kappa shape index (κ1) is 21.6. The number of halogens is 2. The van der Waals surface area contributed by atoms with Crippen LogP contribution in [0.15, 0.2) is 48.5 Å². The third kappa shape index (κ3) is 2.83. The first-order chi connectivity index (χ1) is 16.3. The number of ether oxygens (including phenoxy) is 3. The summed E-state index contributed by atoms with van der Waals surface area (Å²) >= 11 is 12.8. The molecule has 0 aromatic heterocycles. The van der Waals surface area contributed by atoms with Crippen LogP contribution in [0.2, 0.25) is 10.0 Å². The van der Waals surface area contributed by atoms with Gasteiger partial charge in [0.05, 0.1) is 0 Å². The Balaban J connectivity index is 1.68. The summed E-state index contributed by atoms with van der Waals surface area (Å²) in [7, 11) is 0. The van der Waals surface area contributed by atoms with E-state index in [1.165, 1.54) is 0 Å². The number of fused-ring (bicyclic) bond motifs is 5. The van der Waals surface area contributed by atoms with Crippen molar-refractivity contribution in [1.29, 1.82) is 0 Å². The van der Waals surface area contributed by atoms with Crippen LogP contribution in [0.1, 0.15) is 38.3 Å². The van der Waals surface area contributed by atoms with E-state index in [4.69, 9.17) is 37.4 Å². The van der Waals surface area contributed by atoms with Gasteiger partial charge in [-0.2, -0.15) is 0 Å². The molecular weight excluding hydrogens is 473 g/mol. The minimum Gasteiger partial charge on any atom is -0.491 e. The van der Waals surface area contributed by atoms with Gasteiger partial charge in [0.2, 0.25) is 12.7 Å². The summed E-state index contributed by atoms with van der Waals surface area (Å²) in [5.41, 5.74) is 2.89. The van der Waals surface area contributed by atoms with Gasteiger partial charge in [-0.25, -0.2) is 0 Å². The molecule has 0 radical (unpaired) electrons. The number of amides is 1. The van der Waals surface area contributed by atoms with E-state index in [0.29, 0.717) is 27.3 Å². The summed E-state index contributed by atoms with van der Waals surface area (Å²) in [5, 5.41) is 1.08. The van der Waals surface area contributed by atoms with Crippen molar-refractivity contribution in [3.8, 4) is 28.4 Å². The number of anilines is 1. The van der Waals surface area contributed by atoms with E-state index in [1.807, 2.05) is 47.4 Å². The zero-order chi connectivity index (χ0) is 23.8. The lowest BCUT2D eigenvalue weighted by atomic mass is 9.74. The van der Waals surface area contributed by atoms with Crippen LogP contribution in [0.5, 0.6) is 17.2 Å². The topological polar surface area (TPSA) is 48.0 Å². The molecule has 3 aliphatic heterocycles. The molecule has 0 N–H and O–H groups in total. The molecule has 3 heterocycles. The molecule has 1 unspecified atom stereocenters. The number of nitrogens with zero attached hydrogens (tertiary/aromatic N) is 1. The highest BCUT2D eigenvalue weighted by molar-refractivity contribution is 6.35. The Morgan fingerprint density at radius 2 is 1.68 bits per heavy atom. The molecule has 34 heavy (non-hydrogen) atoms. The highest BCUT2D eigenvalue weighted by Gasteiger charge is 2.60. The number of carbonyl (C=O) groups excluding carboxylic acids is 1. The maximum Gasteiger partial charge on any atom is 0.246 e. The summed E-state index contributed by atoms with van der Waals surface area (Å²) in [6.45, 7) is 6.62. The number of hydrogen-bond acceptors (Lipinski definition) is 4. The number of hydrogen-bond donors (Lipinski definition) is 0. The van der Waals surface area contributed by atoms with Gasteiger partial charge in [-0.1, -0.05) is 42.3 Å². The Hall–Kier alpha value is -2.89. The van der Waals surface area contributed by atoms with Crippen LogP contribution >= 0.6 is 23.2 Å². The van der Waals surface area contributed by atoms with Crippen LogP contribution in [-0.4, -0.2) is 24.8 Å². The zero-order valence-corrected chi connectivity index (χ0v) is 20.6. The van der Waals surface area contributed by atoms with Crippen LogP contribution < -0.4 is 19.1 Å². The molecular formula is C27H23Cl2NO4. The average Bonchev–Trinajstić information content (AvgIpc) is 3.47. The normalized spacial score (nSPS) is 20.0. The Bertz CT molecular complexity index is 1350. The van der Waals surface area contributed by atoms with E-state index in [9.17, 15) is 4.79 Å². The molecule has 0 saturated carbocycles. The monoisotopic (exact) mass is 495 g/mol. The molecule has 1 spiro atoms. The zero-order valence-electron chi connectivity index (χ0n) is 19.1. The Morgan fingerprint density at radius 1 is 0.971 bits per heavy atom. The fourth-order valence-electron chi connectivity index (χ4n) is 5.31. The largest absolute Gasteiger partial charge is 0.491 e. The smallest absolute Gasteiger partial charge is 0.246 e. The van der Waals surface area contributed by atoms with Crippen LogP contribution in [0, 0.1) is 0 Å². The van der Waals surface area contributed by atoms with Crippen molar-refractivity contribution < 1.29 is 19.0 Å². The second kappa shape index (κ2) is 7.30. The van der Waals surface area contributed by atoms with Gasteiger partial charge in [-0.05, 0) is 61.7 Å².